The minimum Gasteiger partial charge on any atom is -0.201 e. The van der Waals surface area contributed by atoms with Gasteiger partial charge in [-0.2, -0.15) is 0 Å². The summed E-state index contributed by atoms with van der Waals surface area (Å²) in [5.41, 5.74) is 41.2. The Kier molecular flexibility index (Phi) is 27.0. The van der Waals surface area contributed by atoms with Crippen molar-refractivity contribution in [1.82, 2.24) is 0 Å². The van der Waals surface area contributed by atoms with Gasteiger partial charge in [0.2, 0.25) is 28.5 Å². The lowest BCUT2D eigenvalue weighted by molar-refractivity contribution is -0.660. The molecule has 0 aliphatic heterocycles. The Hall–Kier alpha value is -12.1. The summed E-state index contributed by atoms with van der Waals surface area (Å²) in [5, 5.41) is 0. The molecule has 5 heteroatoms. The van der Waals surface area contributed by atoms with Crippen LogP contribution in [0.25, 0.3) is 112 Å². The Morgan fingerprint density at radius 2 is 0.521 bits per heavy atom. The number of fused-ring (bicyclic) bond motifs is 12. The van der Waals surface area contributed by atoms with Gasteiger partial charge in [-0.05, 0) is 376 Å². The first kappa shape index (κ1) is 97.4. The molecule has 12 fully saturated rings. The molecule has 27 rings (SSSR count). The molecular weight excluding hydrogens is 1760 g/mol. The maximum Gasteiger partial charge on any atom is 0.213 e. The Balaban J connectivity index is 0.000000108. The van der Waals surface area contributed by atoms with Gasteiger partial charge in [0.1, 0.15) is 35.2 Å². The third-order valence-electron chi connectivity index (χ3n) is 40.9. The van der Waals surface area contributed by atoms with Crippen molar-refractivity contribution >= 4 is 0 Å². The van der Waals surface area contributed by atoms with Crippen molar-refractivity contribution in [3.63, 3.8) is 0 Å². The number of rotatable bonds is 15. The lowest BCUT2D eigenvalue weighted by atomic mass is 9.63. The van der Waals surface area contributed by atoms with E-state index < -0.39 is 11.8 Å². The average Bonchev–Trinajstić information content (AvgIpc) is 1.52. The van der Waals surface area contributed by atoms with Crippen LogP contribution in [0.3, 0.4) is 0 Å². The highest BCUT2D eigenvalue weighted by Gasteiger charge is 2.64. The highest BCUT2D eigenvalue weighted by molar-refractivity contribution is 5.76. The van der Waals surface area contributed by atoms with Gasteiger partial charge in [0.25, 0.3) is 0 Å². The largest absolute Gasteiger partial charge is 0.213 e. The van der Waals surface area contributed by atoms with Crippen LogP contribution < -0.4 is 22.8 Å². The second-order valence-electron chi connectivity index (χ2n) is 49.0. The van der Waals surface area contributed by atoms with Crippen molar-refractivity contribution in [3.8, 4) is 112 Å². The van der Waals surface area contributed by atoms with Gasteiger partial charge in [-0.3, -0.25) is 0 Å². The van der Waals surface area contributed by atoms with Crippen LogP contribution in [0.2, 0.25) is 0 Å². The van der Waals surface area contributed by atoms with Gasteiger partial charge in [0, 0.05) is 91.2 Å². The van der Waals surface area contributed by atoms with Gasteiger partial charge in [-0.15, -0.1) is 0 Å². The summed E-state index contributed by atoms with van der Waals surface area (Å²) in [6, 6.07) is 112. The number of nitrogens with zero attached hydrogens (tertiary/aromatic N) is 5. The summed E-state index contributed by atoms with van der Waals surface area (Å²) in [6.07, 6.45) is 36.0. The third kappa shape index (κ3) is 18.8. The minimum absolute atomic E-state index is 0.0463. The molecule has 5 aromatic heterocycles. The maximum atomic E-state index is 9.53. The Morgan fingerprint density at radius 3 is 0.829 bits per heavy atom. The van der Waals surface area contributed by atoms with Crippen LogP contribution in [0.5, 0.6) is 0 Å². The number of pyridine rings is 5. The molecule has 15 aromatic rings. The number of aryl methyl sites for hydroxylation is 10. The summed E-state index contributed by atoms with van der Waals surface area (Å²) in [7, 11) is 10.6. The Labute approximate surface area is 879 Å². The smallest absolute Gasteiger partial charge is 0.201 e. The molecule has 12 aliphatic rings. The Bertz CT molecular complexity index is 7430. The highest BCUT2D eigenvalue weighted by Crippen LogP contribution is 2.74. The standard InChI is InChI=1S/3C29H34N.2C27H30N/c1-20-9-6-7-12-25(20)27-18-22(14-16-30(27)5)21-10-8-11-23(17-21)26-19-24-13-15-29(26,4)28(24,2)3;2*1-20-8-6-7-9-25(20)27-18-23(15-17-30(27)5)21-10-12-22(13-11-21)26-19-24-14-16-29(26,4)28(24,2)3;2*1-19-6-3-4-9-25(19)27-18-23(14-15-28(27)2)22-7-5-8-24(17-22)26-16-20-10-12-21(26)13-11-20/h6-12,14,16-18,24,26H,13,15,19H2,1-5H3;2*6-13,15,17-18,24,26H,14,16,19H2,1-5H3;2*3-9,14-15,17-18,20-21,26H,10-13,16H2,1-2H3/q5*+1/i;26D;;26D;. The van der Waals surface area contributed by atoms with Crippen LogP contribution in [-0.2, 0) is 35.2 Å². The predicted octanol–water partition coefficient (Wildman–Crippen LogP) is 34.1. The molecule has 0 radical (unpaired) electrons. The van der Waals surface area contributed by atoms with E-state index in [2.05, 4.69) is 489 Å². The van der Waals surface area contributed by atoms with Gasteiger partial charge in [0.05, 0.1) is 0 Å². The molecule has 12 saturated carbocycles. The van der Waals surface area contributed by atoms with E-state index in [4.69, 9.17) is 0 Å². The number of benzene rings is 10. The number of aromatic nitrogens is 5. The topological polar surface area (TPSA) is 19.4 Å². The fourth-order valence-electron chi connectivity index (χ4n) is 30.1. The minimum atomic E-state index is -0.479. The van der Waals surface area contributed by atoms with E-state index in [0.29, 0.717) is 45.3 Å². The molecular formula is C141H162N5+5. The van der Waals surface area contributed by atoms with Crippen molar-refractivity contribution < 1.29 is 25.6 Å². The van der Waals surface area contributed by atoms with Crippen molar-refractivity contribution in [2.75, 3.05) is 0 Å². The molecule has 0 N–H and O–H groups in total. The van der Waals surface area contributed by atoms with Crippen LogP contribution in [-0.4, -0.2) is 0 Å². The second-order valence-corrected chi connectivity index (χ2v) is 49.0. The quantitative estimate of drug-likeness (QED) is 0.0912. The van der Waals surface area contributed by atoms with E-state index >= 15 is 0 Å². The SMILES string of the molecule is Cc1ccccc1-c1cc(-c2ccc(C3CC4CCC3(C)C4(C)C)cc2)cc[n+]1C.Cc1ccccc1-c1cc(-c2cccc(C3CC4CCC3(C)C4(C)C)c2)cc[n+]1C.Cc1ccccc1-c1cc(-c2cccc(C3CC4CCC3CC4)c2)cc[n+]1C.[2H]C1(c2ccc(-c3cc[n+](C)c(-c4ccccc4C)c3)cc2)CC2CCC1(C)C2(C)C.[2H]C1(c2cccc(-c3cc[n+](C)c(-c4ccccc4C)c3)c2)CC2CCC1CC2. The van der Waals surface area contributed by atoms with E-state index in [-0.39, 0.29) is 10.8 Å². The molecule has 0 amide bonds. The predicted molar refractivity (Wildman–Crippen MR) is 608 cm³/mol. The van der Waals surface area contributed by atoms with Crippen LogP contribution >= 0.6 is 0 Å². The fraction of sp³-hybridized carbons (Fsp3) is 0.397. The maximum absolute atomic E-state index is 9.53. The number of hydrogen-bond acceptors (Lipinski definition) is 0. The summed E-state index contributed by atoms with van der Waals surface area (Å²) >= 11 is 0. The molecule has 0 saturated heterocycles. The monoisotopic (exact) mass is 1930 g/mol. The zero-order valence-corrected chi connectivity index (χ0v) is 91.2. The first-order valence-corrected chi connectivity index (χ1v) is 55.8. The number of hydrogen-bond donors (Lipinski definition) is 0. The molecule has 0 spiro atoms. The third-order valence-corrected chi connectivity index (χ3v) is 40.9. The molecule has 5 heterocycles. The van der Waals surface area contributed by atoms with Gasteiger partial charge >= 0.3 is 0 Å². The van der Waals surface area contributed by atoms with E-state index in [0.717, 1.165) is 48.3 Å². The fourth-order valence-corrected chi connectivity index (χ4v) is 30.1. The van der Waals surface area contributed by atoms with Gasteiger partial charge in [-0.1, -0.05) is 300 Å². The summed E-state index contributed by atoms with van der Waals surface area (Å²) in [6.45, 7) is 33.2. The van der Waals surface area contributed by atoms with Gasteiger partial charge < -0.3 is 0 Å². The first-order valence-electron chi connectivity index (χ1n) is 56.8. The van der Waals surface area contributed by atoms with Crippen LogP contribution in [0.15, 0.2) is 334 Å². The van der Waals surface area contributed by atoms with Crippen LogP contribution in [0, 0.1) is 109 Å². The summed E-state index contributed by atoms with van der Waals surface area (Å²) in [5.74, 6) is 6.89. The van der Waals surface area contributed by atoms with Gasteiger partial charge in [0.15, 0.2) is 31.0 Å². The van der Waals surface area contributed by atoms with Crippen molar-refractivity contribution in [2.45, 2.75) is 248 Å². The molecule has 11 unspecified atom stereocenters. The molecule has 146 heavy (non-hydrogen) atoms. The summed E-state index contributed by atoms with van der Waals surface area (Å²) in [4.78, 5) is 0. The molecule has 12 aliphatic carbocycles. The summed E-state index contributed by atoms with van der Waals surface area (Å²) < 4.78 is 29.9. The zero-order chi connectivity index (χ0) is 103. The average molecular weight is 1930 g/mol. The molecule has 10 bridgehead atoms. The highest BCUT2D eigenvalue weighted by atomic mass is 14.9. The van der Waals surface area contributed by atoms with Crippen LogP contribution in [0.4, 0.5) is 0 Å². The second kappa shape index (κ2) is 40.5. The molecule has 10 aromatic carbocycles. The molecule has 11 atom stereocenters. The van der Waals surface area contributed by atoms with Gasteiger partial charge in [-0.25, -0.2) is 22.8 Å². The van der Waals surface area contributed by atoms with Crippen molar-refractivity contribution in [1.29, 1.82) is 0 Å². The van der Waals surface area contributed by atoms with Crippen LogP contribution in [0.1, 0.15) is 272 Å². The zero-order valence-electron chi connectivity index (χ0n) is 93.2. The lowest BCUT2D eigenvalue weighted by Gasteiger charge is -2.42. The first-order chi connectivity index (χ1) is 71.0. The van der Waals surface area contributed by atoms with E-state index in [9.17, 15) is 2.74 Å². The Morgan fingerprint density at radius 1 is 0.233 bits per heavy atom. The van der Waals surface area contributed by atoms with E-state index in [1.807, 2.05) is 0 Å². The van der Waals surface area contributed by atoms with E-state index in [1.165, 1.54) is 271 Å². The lowest BCUT2D eigenvalue weighted by Crippen LogP contribution is -2.31. The van der Waals surface area contributed by atoms with E-state index in [1.54, 1.807) is 5.56 Å². The molecule has 5 nitrogen and oxygen atoms in total. The van der Waals surface area contributed by atoms with Crippen molar-refractivity contribution in [3.05, 3.63) is 390 Å². The molecule has 746 valence electrons. The normalized spacial score (nSPS) is 26.8. The van der Waals surface area contributed by atoms with Crippen molar-refractivity contribution in [2.24, 2.45) is 109 Å².